The summed E-state index contributed by atoms with van der Waals surface area (Å²) in [6.45, 7) is 39.7. The first-order valence-corrected chi connectivity index (χ1v) is 49.2. The van der Waals surface area contributed by atoms with E-state index < -0.39 is 0 Å². The second kappa shape index (κ2) is 34.4. The Morgan fingerprint density at radius 1 is 0.238 bits per heavy atom. The molecule has 0 saturated heterocycles. The molecule has 0 unspecified atom stereocenters. The summed E-state index contributed by atoms with van der Waals surface area (Å²) in [6.07, 6.45) is 42.9. The fourth-order valence-corrected chi connectivity index (χ4v) is 25.6. The molecule has 8 aromatic carbocycles. The van der Waals surface area contributed by atoms with Gasteiger partial charge in [-0.2, -0.15) is 0 Å². The third-order valence-electron chi connectivity index (χ3n) is 33.5. The highest BCUT2D eigenvalue weighted by Gasteiger charge is 2.41. The Balaban J connectivity index is 0.000000114. The molecule has 9 aliphatic rings. The van der Waals surface area contributed by atoms with Crippen LogP contribution in [-0.2, 0) is 53.9 Å². The molecule has 4 nitrogen and oxygen atoms in total. The van der Waals surface area contributed by atoms with Crippen LogP contribution in [0.4, 0.5) is 0 Å². The number of nitrogens with zero attached hydrogens (tertiary/aromatic N) is 4. The summed E-state index contributed by atoms with van der Waals surface area (Å²) in [5.41, 5.74) is 58.6. The van der Waals surface area contributed by atoms with E-state index >= 15 is 0 Å². The van der Waals surface area contributed by atoms with E-state index in [4.69, 9.17) is 0 Å². The number of hydrogen-bond donors (Lipinski definition) is 0. The van der Waals surface area contributed by atoms with Gasteiger partial charge in [-0.05, 0) is 402 Å². The molecular formula is C122H146N4+4. The minimum absolute atomic E-state index is 0.515. The van der Waals surface area contributed by atoms with Gasteiger partial charge < -0.3 is 0 Å². The summed E-state index contributed by atoms with van der Waals surface area (Å²) in [5.74, 6) is 2.86. The minimum atomic E-state index is 0.515. The fourth-order valence-electron chi connectivity index (χ4n) is 25.6. The quantitative estimate of drug-likeness (QED) is 0.135. The topological polar surface area (TPSA) is 15.5 Å². The number of hydrogen-bond acceptors (Lipinski definition) is 0. The van der Waals surface area contributed by atoms with Crippen LogP contribution in [0.5, 0.6) is 0 Å². The smallest absolute Gasteiger partial charge is 0.201 e. The number of aromatic nitrogens is 4. The molecule has 0 radical (unpaired) electrons. The van der Waals surface area contributed by atoms with Crippen LogP contribution < -0.4 is 18.3 Å². The highest BCUT2D eigenvalue weighted by molar-refractivity contribution is 5.89. The van der Waals surface area contributed by atoms with Gasteiger partial charge in [0.15, 0.2) is 24.8 Å². The third-order valence-corrected chi connectivity index (χ3v) is 33.5. The first kappa shape index (κ1) is 87.1. The second-order valence-electron chi connectivity index (χ2n) is 44.2. The second-order valence-corrected chi connectivity index (χ2v) is 44.2. The van der Waals surface area contributed by atoms with E-state index in [0.29, 0.717) is 39.4 Å². The number of fused-ring (bicyclic) bond motifs is 12. The van der Waals surface area contributed by atoms with E-state index in [1.165, 1.54) is 330 Å². The van der Waals surface area contributed by atoms with Crippen LogP contribution in [0, 0.1) is 97.8 Å². The lowest BCUT2D eigenvalue weighted by Crippen LogP contribution is -2.33. The fraction of sp³-hybridized carbons (Fsp3) is 0.443. The van der Waals surface area contributed by atoms with Crippen LogP contribution in [0.15, 0.2) is 176 Å². The molecule has 5 saturated carbocycles. The summed E-state index contributed by atoms with van der Waals surface area (Å²) in [7, 11) is 8.98. The maximum Gasteiger partial charge on any atom is 0.213 e. The van der Waals surface area contributed by atoms with E-state index in [9.17, 15) is 0 Å². The van der Waals surface area contributed by atoms with E-state index in [1.54, 1.807) is 22.3 Å². The van der Waals surface area contributed by atoms with Crippen molar-refractivity contribution < 1.29 is 18.3 Å². The average Bonchev–Trinajstić information content (AvgIpc) is 1.58. The lowest BCUT2D eigenvalue weighted by molar-refractivity contribution is -0.661. The van der Waals surface area contributed by atoms with Gasteiger partial charge in [0.1, 0.15) is 28.2 Å². The summed E-state index contributed by atoms with van der Waals surface area (Å²) < 4.78 is 9.59. The van der Waals surface area contributed by atoms with Gasteiger partial charge in [0.25, 0.3) is 0 Å². The molecule has 126 heavy (non-hydrogen) atoms. The van der Waals surface area contributed by atoms with Crippen LogP contribution in [0.25, 0.3) is 89.5 Å². The SMILES string of the molecule is Cc1c[n+](C)c(-c2c(C)ccc3c2Cc2ccccc2-3)cc1C1CCC2(CCCCC2)CC1.Cc1cc(-c2c(C)ccc3c2Cc2c(C)cccc2-3)[n+](C)cc1C1CCC(C)(C)CC1.Cc1ccc2c(c1)-c1ccc(C)c(-c3cc(C)c(C4CCC(C)(C)CC4)c[n+]3C)c1C2.Cc1ccc2c(c1)Cc1c-2ccc(C)c1-c1cc(C)c(C2CCC(C)(C)CC2)c[n+]1C. The predicted molar refractivity (Wildman–Crippen MR) is 529 cm³/mol. The zero-order valence-electron chi connectivity index (χ0n) is 81.0. The van der Waals surface area contributed by atoms with Crippen LogP contribution in [0.1, 0.15) is 328 Å². The lowest BCUT2D eigenvalue weighted by atomic mass is 9.62. The zero-order valence-corrected chi connectivity index (χ0v) is 81.0. The lowest BCUT2D eigenvalue weighted by Gasteiger charge is -2.43. The number of aryl methyl sites for hydroxylation is 15. The van der Waals surface area contributed by atoms with E-state index in [-0.39, 0.29) is 0 Å². The summed E-state index contributed by atoms with van der Waals surface area (Å²) in [5, 5.41) is 0. The van der Waals surface area contributed by atoms with E-state index in [0.717, 1.165) is 31.6 Å². The Morgan fingerprint density at radius 3 is 1.05 bits per heavy atom. The van der Waals surface area contributed by atoms with Crippen molar-refractivity contribution >= 4 is 0 Å². The standard InChI is InChI=1S/C32H38N.3C30H36N/c1-22-11-12-27-26-10-6-5-9-25(26)19-29(27)31(22)30-20-28(23(2)21-33(30)3)24-13-17-32(18-14-24)15-7-4-8-16-32;1-19-7-9-24-23(15-19)17-26-25(24)10-8-20(2)29(26)28-16-21(3)27(18-31(28)6)22-11-13-30(4,5)14-12-22;1-19-7-9-23-17-26-24(25(23)15-19)10-8-20(2)29(26)28-16-21(3)27(18-31(28)6)22-11-13-30(4,5)14-12-22;1-19-8-7-9-23-24-11-10-20(2)29(26(24)17-25(19)23)28-16-21(3)27(18-31(28)6)22-12-14-30(4,5)15-13-22/h5-6,9-12,20-21,24H,4,7-8,13-19H2,1-3H3;2*7-10,15-16,18,22H,11-14,17H2,1-6H3;7-11,16,18,22H,12-15,17H2,1-6H3/q4*+1. The first-order valence-electron chi connectivity index (χ1n) is 49.2. The van der Waals surface area contributed by atoms with Crippen molar-refractivity contribution in [1.29, 1.82) is 0 Å². The van der Waals surface area contributed by atoms with Crippen molar-refractivity contribution in [3.63, 3.8) is 0 Å². The van der Waals surface area contributed by atoms with Crippen LogP contribution in [0.2, 0.25) is 0 Å². The molecular weight excluding hydrogens is 1520 g/mol. The average molecular weight is 1670 g/mol. The van der Waals surface area contributed by atoms with Gasteiger partial charge in [-0.3, -0.25) is 0 Å². The van der Waals surface area contributed by atoms with Crippen molar-refractivity contribution in [3.05, 3.63) is 304 Å². The molecule has 12 aromatic rings. The van der Waals surface area contributed by atoms with Gasteiger partial charge in [0.05, 0.1) is 22.3 Å². The monoisotopic (exact) mass is 1670 g/mol. The Labute approximate surface area is 758 Å². The third kappa shape index (κ3) is 16.8. The van der Waals surface area contributed by atoms with Crippen molar-refractivity contribution in [2.75, 3.05) is 0 Å². The first-order chi connectivity index (χ1) is 60.3. The molecule has 5 fully saturated rings. The Morgan fingerprint density at radius 2 is 0.579 bits per heavy atom. The minimum Gasteiger partial charge on any atom is -0.201 e. The number of rotatable bonds is 8. The molecule has 4 heteroatoms. The molecule has 650 valence electrons. The number of pyridine rings is 4. The Hall–Kier alpha value is -9.64. The molecule has 0 amide bonds. The molecule has 0 N–H and O–H groups in total. The maximum absolute atomic E-state index is 2.57. The molecule has 4 aromatic heterocycles. The molecule has 4 heterocycles. The van der Waals surface area contributed by atoms with Gasteiger partial charge in [-0.25, -0.2) is 18.3 Å². The van der Waals surface area contributed by atoms with Crippen molar-refractivity contribution in [2.45, 2.75) is 302 Å². The zero-order chi connectivity index (χ0) is 88.3. The molecule has 21 rings (SSSR count). The summed E-state index contributed by atoms with van der Waals surface area (Å²) in [6, 6.07) is 58.2. The maximum atomic E-state index is 2.57. The molecule has 9 aliphatic carbocycles. The highest BCUT2D eigenvalue weighted by Crippen LogP contribution is 2.55. The highest BCUT2D eigenvalue weighted by atomic mass is 14.9. The van der Waals surface area contributed by atoms with E-state index in [1.807, 2.05) is 0 Å². The molecule has 0 bridgehead atoms. The van der Waals surface area contributed by atoms with Crippen molar-refractivity contribution in [2.24, 2.45) is 49.9 Å². The van der Waals surface area contributed by atoms with Crippen LogP contribution >= 0.6 is 0 Å². The summed E-state index contributed by atoms with van der Waals surface area (Å²) >= 11 is 0. The van der Waals surface area contributed by atoms with Gasteiger partial charge in [-0.15, -0.1) is 0 Å². The molecule has 1 spiro atoms. The number of benzene rings is 8. The molecule has 0 aliphatic heterocycles. The van der Waals surface area contributed by atoms with Gasteiger partial charge in [0, 0.05) is 46.5 Å². The predicted octanol–water partition coefficient (Wildman–Crippen LogP) is 30.0. The van der Waals surface area contributed by atoms with Crippen molar-refractivity contribution in [1.82, 2.24) is 0 Å². The molecule has 0 atom stereocenters. The van der Waals surface area contributed by atoms with Crippen molar-refractivity contribution in [3.8, 4) is 89.5 Å². The largest absolute Gasteiger partial charge is 0.213 e. The van der Waals surface area contributed by atoms with Gasteiger partial charge in [0.2, 0.25) is 22.8 Å². The summed E-state index contributed by atoms with van der Waals surface area (Å²) in [4.78, 5) is 0. The van der Waals surface area contributed by atoms with Crippen LogP contribution in [0.3, 0.4) is 0 Å². The Kier molecular flexibility index (Phi) is 23.8. The van der Waals surface area contributed by atoms with Crippen LogP contribution in [-0.4, -0.2) is 0 Å². The van der Waals surface area contributed by atoms with Gasteiger partial charge >= 0.3 is 0 Å². The normalized spacial score (nSPS) is 18.0. The van der Waals surface area contributed by atoms with E-state index in [2.05, 4.69) is 341 Å². The Bertz CT molecular complexity index is 6220. The van der Waals surface area contributed by atoms with Gasteiger partial charge in [-0.1, -0.05) is 199 Å².